The van der Waals surface area contributed by atoms with Crippen LogP contribution in [0.15, 0.2) is 24.3 Å². The van der Waals surface area contributed by atoms with Crippen molar-refractivity contribution in [1.29, 1.82) is 0 Å². The third kappa shape index (κ3) is 2.19. The summed E-state index contributed by atoms with van der Waals surface area (Å²) < 4.78 is 14.5. The van der Waals surface area contributed by atoms with Gasteiger partial charge in [-0.3, -0.25) is 0 Å². The van der Waals surface area contributed by atoms with Crippen LogP contribution in [0.1, 0.15) is 10.7 Å². The molecule has 8 heteroatoms. The zero-order valence-corrected chi connectivity index (χ0v) is 11.3. The summed E-state index contributed by atoms with van der Waals surface area (Å²) in [6.07, 6.45) is 0. The van der Waals surface area contributed by atoms with Crippen LogP contribution < -0.4 is 0 Å². The zero-order valence-electron chi connectivity index (χ0n) is 10.5. The molecule has 0 saturated carbocycles. The molecule has 2 heterocycles. The Balaban J connectivity index is 2.17. The Morgan fingerprint density at radius 2 is 1.95 bits per heavy atom. The molecule has 0 bridgehead atoms. The molecule has 0 unspecified atom stereocenters. The van der Waals surface area contributed by atoms with Gasteiger partial charge in [0.25, 0.3) is 0 Å². The molecule has 2 aromatic heterocycles. The highest BCUT2D eigenvalue weighted by Gasteiger charge is 2.18. The van der Waals surface area contributed by atoms with Gasteiger partial charge in [-0.25, -0.2) is 4.39 Å². The number of aromatic nitrogens is 5. The standard InChI is InChI=1S/C12H10FN5OS/c1-7-14-16-12(20-7)18-11(10(6-19)15-17-18)8-2-4-9(13)5-3-8/h2-5,19H,6H2,1H3. The van der Waals surface area contributed by atoms with Crippen LogP contribution in [0.4, 0.5) is 4.39 Å². The van der Waals surface area contributed by atoms with Gasteiger partial charge in [0.2, 0.25) is 5.13 Å². The first kappa shape index (κ1) is 12.8. The van der Waals surface area contributed by atoms with Crippen LogP contribution in [-0.4, -0.2) is 30.3 Å². The van der Waals surface area contributed by atoms with Crippen molar-refractivity contribution in [2.24, 2.45) is 0 Å². The van der Waals surface area contributed by atoms with E-state index in [1.165, 1.54) is 28.2 Å². The van der Waals surface area contributed by atoms with Crippen LogP contribution in [0.5, 0.6) is 0 Å². The third-order valence-electron chi connectivity index (χ3n) is 2.70. The average Bonchev–Trinajstić information content (AvgIpc) is 3.05. The molecule has 0 aliphatic heterocycles. The number of aliphatic hydroxyl groups is 1. The van der Waals surface area contributed by atoms with Gasteiger partial charge in [0, 0.05) is 5.56 Å². The van der Waals surface area contributed by atoms with Gasteiger partial charge in [0.15, 0.2) is 0 Å². The summed E-state index contributed by atoms with van der Waals surface area (Å²) in [6, 6.07) is 5.91. The lowest BCUT2D eigenvalue weighted by Crippen LogP contribution is -2.00. The average molecular weight is 291 g/mol. The van der Waals surface area contributed by atoms with E-state index in [1.54, 1.807) is 12.1 Å². The van der Waals surface area contributed by atoms with Gasteiger partial charge in [-0.2, -0.15) is 4.68 Å². The Morgan fingerprint density at radius 1 is 1.20 bits per heavy atom. The van der Waals surface area contributed by atoms with E-state index in [9.17, 15) is 9.50 Å². The first-order valence-electron chi connectivity index (χ1n) is 5.81. The van der Waals surface area contributed by atoms with Crippen molar-refractivity contribution in [3.63, 3.8) is 0 Å². The molecule has 3 rings (SSSR count). The Hall–Kier alpha value is -2.19. The van der Waals surface area contributed by atoms with E-state index in [0.717, 1.165) is 5.01 Å². The van der Waals surface area contributed by atoms with E-state index in [4.69, 9.17) is 0 Å². The molecule has 0 aliphatic rings. The number of hydrogen-bond donors (Lipinski definition) is 1. The molecular formula is C12H10FN5OS. The van der Waals surface area contributed by atoms with Crippen molar-refractivity contribution in [2.75, 3.05) is 0 Å². The SMILES string of the molecule is Cc1nnc(-n2nnc(CO)c2-c2ccc(F)cc2)s1. The molecule has 0 atom stereocenters. The maximum atomic E-state index is 13.0. The topological polar surface area (TPSA) is 76.7 Å². The summed E-state index contributed by atoms with van der Waals surface area (Å²) in [5.74, 6) is -0.329. The van der Waals surface area contributed by atoms with Gasteiger partial charge < -0.3 is 5.11 Å². The van der Waals surface area contributed by atoms with Crippen molar-refractivity contribution in [2.45, 2.75) is 13.5 Å². The molecule has 3 aromatic rings. The normalized spacial score (nSPS) is 10.9. The molecule has 0 spiro atoms. The summed E-state index contributed by atoms with van der Waals surface area (Å²) in [7, 11) is 0. The smallest absolute Gasteiger partial charge is 0.234 e. The van der Waals surface area contributed by atoms with E-state index >= 15 is 0 Å². The Morgan fingerprint density at radius 3 is 2.55 bits per heavy atom. The minimum Gasteiger partial charge on any atom is -0.390 e. The van der Waals surface area contributed by atoms with Crippen molar-refractivity contribution in [3.8, 4) is 16.4 Å². The van der Waals surface area contributed by atoms with Gasteiger partial charge in [0.05, 0.1) is 6.61 Å². The van der Waals surface area contributed by atoms with Crippen molar-refractivity contribution in [3.05, 3.63) is 40.8 Å². The van der Waals surface area contributed by atoms with Crippen molar-refractivity contribution in [1.82, 2.24) is 25.2 Å². The second-order valence-electron chi connectivity index (χ2n) is 4.07. The summed E-state index contributed by atoms with van der Waals surface area (Å²) in [4.78, 5) is 0. The predicted molar refractivity (Wildman–Crippen MR) is 70.9 cm³/mol. The number of halogens is 1. The number of aliphatic hydroxyl groups excluding tert-OH is 1. The van der Waals surface area contributed by atoms with E-state index < -0.39 is 0 Å². The lowest BCUT2D eigenvalue weighted by molar-refractivity contribution is 0.277. The van der Waals surface area contributed by atoms with E-state index in [-0.39, 0.29) is 12.4 Å². The minimum absolute atomic E-state index is 0.259. The lowest BCUT2D eigenvalue weighted by atomic mass is 10.1. The highest BCUT2D eigenvalue weighted by Crippen LogP contribution is 2.26. The second-order valence-corrected chi connectivity index (χ2v) is 5.23. The molecule has 0 amide bonds. The number of rotatable bonds is 3. The molecule has 1 N–H and O–H groups in total. The second kappa shape index (κ2) is 5.06. The third-order valence-corrected chi connectivity index (χ3v) is 3.52. The van der Waals surface area contributed by atoms with Crippen LogP contribution in [0.3, 0.4) is 0 Å². The van der Waals surface area contributed by atoms with Gasteiger partial charge in [-0.15, -0.1) is 15.3 Å². The first-order valence-corrected chi connectivity index (χ1v) is 6.62. The molecular weight excluding hydrogens is 281 g/mol. The van der Waals surface area contributed by atoms with Crippen molar-refractivity contribution < 1.29 is 9.50 Å². The van der Waals surface area contributed by atoms with E-state index in [2.05, 4.69) is 20.5 Å². The molecule has 0 radical (unpaired) electrons. The molecule has 0 aliphatic carbocycles. The summed E-state index contributed by atoms with van der Waals surface area (Å²) in [6.45, 7) is 1.58. The molecule has 102 valence electrons. The molecule has 20 heavy (non-hydrogen) atoms. The molecule has 1 aromatic carbocycles. The van der Waals surface area contributed by atoms with Crippen LogP contribution in [0.25, 0.3) is 16.4 Å². The fraction of sp³-hybridized carbons (Fsp3) is 0.167. The van der Waals surface area contributed by atoms with Gasteiger partial charge in [0.1, 0.15) is 22.2 Å². The van der Waals surface area contributed by atoms with Crippen LogP contribution in [-0.2, 0) is 6.61 Å². The minimum atomic E-state index is -0.329. The highest BCUT2D eigenvalue weighted by atomic mass is 32.1. The van der Waals surface area contributed by atoms with Gasteiger partial charge in [-0.1, -0.05) is 16.6 Å². The van der Waals surface area contributed by atoms with Gasteiger partial charge >= 0.3 is 0 Å². The number of benzene rings is 1. The monoisotopic (exact) mass is 291 g/mol. The molecule has 6 nitrogen and oxygen atoms in total. The van der Waals surface area contributed by atoms with Crippen LogP contribution in [0, 0.1) is 12.7 Å². The number of nitrogens with zero attached hydrogens (tertiary/aromatic N) is 5. The summed E-state index contributed by atoms with van der Waals surface area (Å²) in [5, 5.41) is 26.6. The Labute approximate surface area is 117 Å². The van der Waals surface area contributed by atoms with Crippen LogP contribution >= 0.6 is 11.3 Å². The first-order chi connectivity index (χ1) is 9.69. The molecule has 0 fully saturated rings. The summed E-state index contributed by atoms with van der Waals surface area (Å²) >= 11 is 1.36. The largest absolute Gasteiger partial charge is 0.390 e. The Kier molecular flexibility index (Phi) is 3.25. The van der Waals surface area contributed by atoms with Gasteiger partial charge in [-0.05, 0) is 31.2 Å². The fourth-order valence-electron chi connectivity index (χ4n) is 1.82. The van der Waals surface area contributed by atoms with Crippen molar-refractivity contribution >= 4 is 11.3 Å². The van der Waals surface area contributed by atoms with E-state index in [1.807, 2.05) is 6.92 Å². The maximum absolute atomic E-state index is 13.0. The van der Waals surface area contributed by atoms with Crippen LogP contribution in [0.2, 0.25) is 0 Å². The number of aryl methyl sites for hydroxylation is 1. The molecule has 0 saturated heterocycles. The number of hydrogen-bond acceptors (Lipinski definition) is 6. The predicted octanol–water partition coefficient (Wildman–Crippen LogP) is 1.73. The fourth-order valence-corrected chi connectivity index (χ4v) is 2.46. The maximum Gasteiger partial charge on any atom is 0.234 e. The summed E-state index contributed by atoms with van der Waals surface area (Å²) in [5.41, 5.74) is 1.70. The zero-order chi connectivity index (χ0) is 14.1. The highest BCUT2D eigenvalue weighted by molar-refractivity contribution is 7.13. The quantitative estimate of drug-likeness (QED) is 0.795. The van der Waals surface area contributed by atoms with E-state index in [0.29, 0.717) is 22.1 Å². The lowest BCUT2D eigenvalue weighted by Gasteiger charge is -2.04. The Bertz CT molecular complexity index is 737.